The molecule has 1 amide bonds. The number of aromatic nitrogens is 1. The molecule has 1 unspecified atom stereocenters. The lowest BCUT2D eigenvalue weighted by Gasteiger charge is -2.08. The molecule has 0 fully saturated rings. The lowest BCUT2D eigenvalue weighted by atomic mass is 10.2. The van der Waals surface area contributed by atoms with E-state index < -0.39 is 6.04 Å². The Balaban J connectivity index is 2.26. The van der Waals surface area contributed by atoms with Gasteiger partial charge in [0.15, 0.2) is 0 Å². The Morgan fingerprint density at radius 2 is 2.16 bits per heavy atom. The molecule has 3 N–H and O–H groups in total. The molecule has 19 heavy (non-hydrogen) atoms. The zero-order valence-electron chi connectivity index (χ0n) is 11.2. The average Bonchev–Trinajstić information content (AvgIpc) is 2.70. The van der Waals surface area contributed by atoms with Crippen molar-refractivity contribution in [3.63, 3.8) is 0 Å². The predicted molar refractivity (Wildman–Crippen MR) is 73.7 cm³/mol. The van der Waals surface area contributed by atoms with Crippen LogP contribution in [0.5, 0.6) is 0 Å². The summed E-state index contributed by atoms with van der Waals surface area (Å²) in [5, 5.41) is 2.74. The normalized spacial score (nSPS) is 12.2. The number of carbonyl (C=O) groups excluding carboxylic acids is 1. The summed E-state index contributed by atoms with van der Waals surface area (Å²) in [7, 11) is 0. The molecular formula is C14H17N3O2. The summed E-state index contributed by atoms with van der Waals surface area (Å²) < 4.78 is 5.56. The number of nitrogens with two attached hydrogens (primary N) is 1. The first-order valence-electron chi connectivity index (χ1n) is 6.08. The van der Waals surface area contributed by atoms with Crippen molar-refractivity contribution in [1.82, 2.24) is 4.98 Å². The number of nitrogens with one attached hydrogen (secondary N) is 1. The van der Waals surface area contributed by atoms with Crippen LogP contribution in [0.1, 0.15) is 18.4 Å². The van der Waals surface area contributed by atoms with Gasteiger partial charge in [0.05, 0.1) is 11.7 Å². The molecular weight excluding hydrogens is 242 g/mol. The molecule has 0 radical (unpaired) electrons. The van der Waals surface area contributed by atoms with Gasteiger partial charge in [-0.2, -0.15) is 0 Å². The molecule has 0 aliphatic rings. The Kier molecular flexibility index (Phi) is 3.66. The van der Waals surface area contributed by atoms with Crippen LogP contribution in [0.15, 0.2) is 28.7 Å². The molecule has 1 aromatic carbocycles. The monoisotopic (exact) mass is 259 g/mol. The number of nitrogens with zero attached hydrogens (tertiary/aromatic N) is 1. The Bertz CT molecular complexity index is 583. The van der Waals surface area contributed by atoms with Crippen molar-refractivity contribution in [2.24, 2.45) is 5.73 Å². The molecule has 1 aromatic heterocycles. The maximum absolute atomic E-state index is 11.5. The molecule has 0 saturated heterocycles. The number of hydrogen-bond acceptors (Lipinski definition) is 4. The highest BCUT2D eigenvalue weighted by Crippen LogP contribution is 2.24. The lowest BCUT2D eigenvalue weighted by Crippen LogP contribution is -2.32. The number of oxazole rings is 1. The van der Waals surface area contributed by atoms with Gasteiger partial charge < -0.3 is 15.5 Å². The third kappa shape index (κ3) is 3.00. The van der Waals surface area contributed by atoms with Gasteiger partial charge in [-0.15, -0.1) is 0 Å². The zero-order valence-corrected chi connectivity index (χ0v) is 11.2. The van der Waals surface area contributed by atoms with E-state index in [4.69, 9.17) is 10.2 Å². The van der Waals surface area contributed by atoms with E-state index in [0.29, 0.717) is 11.6 Å². The zero-order chi connectivity index (χ0) is 14.0. The average molecular weight is 259 g/mol. The van der Waals surface area contributed by atoms with Gasteiger partial charge >= 0.3 is 0 Å². The van der Waals surface area contributed by atoms with E-state index >= 15 is 0 Å². The summed E-state index contributed by atoms with van der Waals surface area (Å²) in [4.78, 5) is 15.9. The fraction of sp³-hybridized carbons (Fsp3) is 0.286. The van der Waals surface area contributed by atoms with Crippen LogP contribution >= 0.6 is 0 Å². The van der Waals surface area contributed by atoms with Crippen molar-refractivity contribution >= 4 is 11.6 Å². The molecule has 2 aromatic rings. The largest absolute Gasteiger partial charge is 0.441 e. The standard InChI is InChI=1S/C14H17N3O2/c1-8(15)13(18)17-12-6-4-5-11(7-12)14-16-9(2)10(3)19-14/h4-8H,15H2,1-3H3,(H,17,18). The first-order valence-corrected chi connectivity index (χ1v) is 6.08. The van der Waals surface area contributed by atoms with Crippen molar-refractivity contribution in [3.8, 4) is 11.5 Å². The van der Waals surface area contributed by atoms with E-state index in [1.807, 2.05) is 32.0 Å². The molecule has 5 heteroatoms. The maximum Gasteiger partial charge on any atom is 0.240 e. The molecule has 0 aliphatic carbocycles. The van der Waals surface area contributed by atoms with Crippen molar-refractivity contribution in [2.45, 2.75) is 26.8 Å². The molecule has 2 rings (SSSR count). The molecule has 1 atom stereocenters. The van der Waals surface area contributed by atoms with E-state index in [2.05, 4.69) is 10.3 Å². The topological polar surface area (TPSA) is 81.2 Å². The van der Waals surface area contributed by atoms with Crippen LogP contribution in [0.4, 0.5) is 5.69 Å². The number of anilines is 1. The third-order valence-electron chi connectivity index (χ3n) is 2.82. The Morgan fingerprint density at radius 3 is 2.74 bits per heavy atom. The third-order valence-corrected chi connectivity index (χ3v) is 2.82. The number of benzene rings is 1. The summed E-state index contributed by atoms with van der Waals surface area (Å²) in [6.45, 7) is 5.40. The minimum atomic E-state index is -0.546. The van der Waals surface area contributed by atoms with Crippen LogP contribution in [-0.4, -0.2) is 16.9 Å². The van der Waals surface area contributed by atoms with Gasteiger partial charge in [-0.1, -0.05) is 6.07 Å². The van der Waals surface area contributed by atoms with Gasteiger partial charge in [-0.3, -0.25) is 4.79 Å². The first kappa shape index (κ1) is 13.3. The number of hydrogen-bond donors (Lipinski definition) is 2. The summed E-state index contributed by atoms with van der Waals surface area (Å²) in [6.07, 6.45) is 0. The van der Waals surface area contributed by atoms with Gasteiger partial charge in [0.1, 0.15) is 5.76 Å². The smallest absolute Gasteiger partial charge is 0.240 e. The van der Waals surface area contributed by atoms with Crippen LogP contribution in [0.25, 0.3) is 11.5 Å². The molecule has 100 valence electrons. The Morgan fingerprint density at radius 1 is 1.42 bits per heavy atom. The molecule has 0 saturated carbocycles. The Labute approximate surface area is 111 Å². The van der Waals surface area contributed by atoms with Crippen LogP contribution in [0.3, 0.4) is 0 Å². The minimum Gasteiger partial charge on any atom is -0.441 e. The summed E-state index contributed by atoms with van der Waals surface area (Å²) in [6, 6.07) is 6.78. The second kappa shape index (κ2) is 5.24. The fourth-order valence-corrected chi connectivity index (χ4v) is 1.58. The maximum atomic E-state index is 11.5. The van der Waals surface area contributed by atoms with Crippen LogP contribution in [-0.2, 0) is 4.79 Å². The summed E-state index contributed by atoms with van der Waals surface area (Å²) >= 11 is 0. The quantitative estimate of drug-likeness (QED) is 0.885. The van der Waals surface area contributed by atoms with Crippen LogP contribution in [0.2, 0.25) is 0 Å². The van der Waals surface area contributed by atoms with Gasteiger partial charge in [0, 0.05) is 11.3 Å². The van der Waals surface area contributed by atoms with E-state index in [1.54, 1.807) is 13.0 Å². The van der Waals surface area contributed by atoms with E-state index in [9.17, 15) is 4.79 Å². The molecule has 5 nitrogen and oxygen atoms in total. The highest BCUT2D eigenvalue weighted by molar-refractivity contribution is 5.94. The van der Waals surface area contributed by atoms with E-state index in [-0.39, 0.29) is 5.91 Å². The van der Waals surface area contributed by atoms with Gasteiger partial charge in [-0.25, -0.2) is 4.98 Å². The summed E-state index contributed by atoms with van der Waals surface area (Å²) in [5.41, 5.74) is 7.87. The van der Waals surface area contributed by atoms with E-state index in [0.717, 1.165) is 17.0 Å². The second-order valence-corrected chi connectivity index (χ2v) is 4.52. The lowest BCUT2D eigenvalue weighted by molar-refractivity contribution is -0.117. The number of amides is 1. The van der Waals surface area contributed by atoms with Gasteiger partial charge in [0.25, 0.3) is 0 Å². The minimum absolute atomic E-state index is 0.225. The predicted octanol–water partition coefficient (Wildman–Crippen LogP) is 2.24. The fourth-order valence-electron chi connectivity index (χ4n) is 1.58. The van der Waals surface area contributed by atoms with Gasteiger partial charge in [-0.05, 0) is 39.0 Å². The molecule has 0 bridgehead atoms. The highest BCUT2D eigenvalue weighted by atomic mass is 16.4. The van der Waals surface area contributed by atoms with E-state index in [1.165, 1.54) is 0 Å². The first-order chi connectivity index (χ1) is 8.97. The van der Waals surface area contributed by atoms with Crippen LogP contribution < -0.4 is 11.1 Å². The second-order valence-electron chi connectivity index (χ2n) is 4.52. The van der Waals surface area contributed by atoms with Crippen molar-refractivity contribution < 1.29 is 9.21 Å². The molecule has 0 aliphatic heterocycles. The van der Waals surface area contributed by atoms with Crippen molar-refractivity contribution in [1.29, 1.82) is 0 Å². The van der Waals surface area contributed by atoms with Crippen molar-refractivity contribution in [2.75, 3.05) is 5.32 Å². The SMILES string of the molecule is Cc1nc(-c2cccc(NC(=O)C(C)N)c2)oc1C. The molecule has 1 heterocycles. The Hall–Kier alpha value is -2.14. The summed E-state index contributed by atoms with van der Waals surface area (Å²) in [5.74, 6) is 1.11. The number of carbonyl (C=O) groups is 1. The highest BCUT2D eigenvalue weighted by Gasteiger charge is 2.11. The number of rotatable bonds is 3. The number of aryl methyl sites for hydroxylation is 2. The van der Waals surface area contributed by atoms with Gasteiger partial charge in [0.2, 0.25) is 11.8 Å². The van der Waals surface area contributed by atoms with Crippen LogP contribution in [0, 0.1) is 13.8 Å². The van der Waals surface area contributed by atoms with Crippen molar-refractivity contribution in [3.05, 3.63) is 35.7 Å². The molecule has 0 spiro atoms.